The molecule has 0 unspecified atom stereocenters. The van der Waals surface area contributed by atoms with Crippen molar-refractivity contribution >= 4 is 39.3 Å². The topological polar surface area (TPSA) is 104 Å². The molecule has 0 aliphatic rings. The summed E-state index contributed by atoms with van der Waals surface area (Å²) < 4.78 is 5.92. The monoisotopic (exact) mass is 464 g/mol. The lowest BCUT2D eigenvalue weighted by Gasteiger charge is -2.14. The number of ether oxygens (including phenoxy) is 1. The Morgan fingerprint density at radius 3 is 2.66 bits per heavy atom. The van der Waals surface area contributed by atoms with E-state index in [0.29, 0.717) is 23.9 Å². The zero-order valence-electron chi connectivity index (χ0n) is 19.4. The number of aromatic nitrogens is 4. The van der Waals surface area contributed by atoms with Crippen LogP contribution in [0.1, 0.15) is 5.56 Å². The molecule has 0 spiro atoms. The summed E-state index contributed by atoms with van der Waals surface area (Å²) in [5.41, 5.74) is 6.33. The van der Waals surface area contributed by atoms with Crippen molar-refractivity contribution in [2.24, 2.45) is 0 Å². The molecule has 0 saturated carbocycles. The Morgan fingerprint density at radius 1 is 1.03 bits per heavy atom. The summed E-state index contributed by atoms with van der Waals surface area (Å²) in [6.07, 6.45) is 1.80. The van der Waals surface area contributed by atoms with E-state index in [1.807, 2.05) is 68.7 Å². The Hall–Kier alpha value is -4.68. The van der Waals surface area contributed by atoms with Gasteiger partial charge in [-0.2, -0.15) is 20.1 Å². The number of fused-ring (bicyclic) bond motifs is 2. The second-order valence-corrected chi connectivity index (χ2v) is 8.27. The fraction of sp³-hybridized carbons (Fsp3) is 0.154. The number of nitrogens with zero attached hydrogens (tertiary/aromatic N) is 6. The van der Waals surface area contributed by atoms with Gasteiger partial charge < -0.3 is 15.0 Å². The fourth-order valence-corrected chi connectivity index (χ4v) is 3.60. The van der Waals surface area contributed by atoms with Crippen molar-refractivity contribution in [3.8, 4) is 11.8 Å². The average molecular weight is 465 g/mol. The maximum Gasteiger partial charge on any atom is 0.229 e. The molecule has 2 aromatic heterocycles. The van der Waals surface area contributed by atoms with Crippen molar-refractivity contribution in [2.45, 2.75) is 0 Å². The molecule has 0 aliphatic carbocycles. The molecule has 9 heteroatoms. The van der Waals surface area contributed by atoms with E-state index in [9.17, 15) is 0 Å². The van der Waals surface area contributed by atoms with Crippen molar-refractivity contribution in [3.63, 3.8) is 0 Å². The molecule has 3 aromatic carbocycles. The summed E-state index contributed by atoms with van der Waals surface area (Å²) in [5.74, 6) is 1.74. The minimum absolute atomic E-state index is 0.409. The first-order chi connectivity index (χ1) is 17.1. The molecule has 9 nitrogen and oxygen atoms in total. The van der Waals surface area contributed by atoms with Crippen LogP contribution in [0.4, 0.5) is 17.5 Å². The van der Waals surface area contributed by atoms with Gasteiger partial charge in [-0.25, -0.2) is 4.98 Å². The highest BCUT2D eigenvalue weighted by molar-refractivity contribution is 5.91. The van der Waals surface area contributed by atoms with E-state index in [1.54, 1.807) is 23.1 Å². The van der Waals surface area contributed by atoms with E-state index < -0.39 is 0 Å². The van der Waals surface area contributed by atoms with Gasteiger partial charge in [0.2, 0.25) is 5.95 Å². The van der Waals surface area contributed by atoms with Crippen LogP contribution >= 0.6 is 0 Å². The van der Waals surface area contributed by atoms with Gasteiger partial charge in [0.1, 0.15) is 12.4 Å². The van der Waals surface area contributed by atoms with E-state index in [2.05, 4.69) is 26.8 Å². The van der Waals surface area contributed by atoms with Crippen LogP contribution in [0, 0.1) is 11.3 Å². The standard InChI is InChI=1S/C26H24N8O/c1-33(2)13-14-35-21-11-12-22-23(15-21)30-26(29-20-9-7-18(16-27)8-10-20)31-25(22)32-34-24-6-4-3-5-19(24)17-28-34/h3-12,15,17H,13-14H2,1-2H3,(H2,29,30,31,32). The number of hydrogen-bond donors (Lipinski definition) is 2. The van der Waals surface area contributed by atoms with Crippen LogP contribution in [-0.2, 0) is 0 Å². The first-order valence-corrected chi connectivity index (χ1v) is 11.2. The molecular weight excluding hydrogens is 440 g/mol. The van der Waals surface area contributed by atoms with Gasteiger partial charge in [-0.3, -0.25) is 5.43 Å². The highest BCUT2D eigenvalue weighted by Crippen LogP contribution is 2.28. The first-order valence-electron chi connectivity index (χ1n) is 11.2. The summed E-state index contributed by atoms with van der Waals surface area (Å²) in [5, 5.41) is 18.6. The largest absolute Gasteiger partial charge is 0.492 e. The quantitative estimate of drug-likeness (QED) is 0.348. The highest BCUT2D eigenvalue weighted by atomic mass is 16.5. The molecule has 0 bridgehead atoms. The van der Waals surface area contributed by atoms with E-state index in [4.69, 9.17) is 20.0 Å². The van der Waals surface area contributed by atoms with Crippen LogP contribution in [0.25, 0.3) is 21.8 Å². The second kappa shape index (κ2) is 9.67. The van der Waals surface area contributed by atoms with E-state index in [0.717, 1.165) is 39.8 Å². The molecular formula is C26H24N8O. The minimum atomic E-state index is 0.409. The molecule has 5 aromatic rings. The van der Waals surface area contributed by atoms with E-state index >= 15 is 0 Å². The molecule has 0 amide bonds. The summed E-state index contributed by atoms with van der Waals surface area (Å²) in [6, 6.07) is 23.0. The van der Waals surface area contributed by atoms with Crippen molar-refractivity contribution in [3.05, 3.63) is 78.5 Å². The SMILES string of the molecule is CN(C)CCOc1ccc2c(Nn3ncc4ccccc43)nc(Nc3ccc(C#N)cc3)nc2c1. The molecule has 0 radical (unpaired) electrons. The number of para-hydroxylation sites is 1. The Bertz CT molecular complexity index is 1520. The van der Waals surface area contributed by atoms with Crippen molar-refractivity contribution in [2.75, 3.05) is 38.0 Å². The van der Waals surface area contributed by atoms with Crippen molar-refractivity contribution in [1.29, 1.82) is 5.26 Å². The molecule has 0 fully saturated rings. The minimum Gasteiger partial charge on any atom is -0.492 e. The number of nitriles is 1. The van der Waals surface area contributed by atoms with Gasteiger partial charge in [-0.1, -0.05) is 18.2 Å². The summed E-state index contributed by atoms with van der Waals surface area (Å²) in [7, 11) is 4.02. The molecule has 5 rings (SSSR count). The van der Waals surface area contributed by atoms with Crippen LogP contribution in [0.15, 0.2) is 72.9 Å². The van der Waals surface area contributed by atoms with Gasteiger partial charge in [-0.05, 0) is 56.6 Å². The third-order valence-electron chi connectivity index (χ3n) is 5.43. The number of hydrogen-bond acceptors (Lipinski definition) is 8. The number of likely N-dealkylation sites (N-methyl/N-ethyl adjacent to an activating group) is 1. The summed E-state index contributed by atoms with van der Waals surface area (Å²) in [4.78, 5) is 13.2. The van der Waals surface area contributed by atoms with Gasteiger partial charge in [0, 0.05) is 29.1 Å². The predicted molar refractivity (Wildman–Crippen MR) is 137 cm³/mol. The molecule has 0 aliphatic heterocycles. The van der Waals surface area contributed by atoms with Crippen LogP contribution in [-0.4, -0.2) is 52.0 Å². The predicted octanol–water partition coefficient (Wildman–Crippen LogP) is 4.41. The van der Waals surface area contributed by atoms with Crippen molar-refractivity contribution in [1.82, 2.24) is 24.8 Å². The van der Waals surface area contributed by atoms with Gasteiger partial charge in [0.25, 0.3) is 0 Å². The van der Waals surface area contributed by atoms with Crippen LogP contribution < -0.4 is 15.5 Å². The third-order valence-corrected chi connectivity index (χ3v) is 5.43. The third kappa shape index (κ3) is 4.98. The molecule has 2 N–H and O–H groups in total. The Labute approximate surface area is 202 Å². The maximum absolute atomic E-state index is 9.06. The zero-order chi connectivity index (χ0) is 24.2. The molecule has 0 atom stereocenters. The van der Waals surface area contributed by atoms with Crippen LogP contribution in [0.3, 0.4) is 0 Å². The van der Waals surface area contributed by atoms with E-state index in [1.165, 1.54) is 0 Å². The number of anilines is 3. The average Bonchev–Trinajstić information content (AvgIpc) is 3.27. The normalized spacial score (nSPS) is 11.0. The lowest BCUT2D eigenvalue weighted by Crippen LogP contribution is -2.19. The lowest BCUT2D eigenvalue weighted by molar-refractivity contribution is 0.261. The highest BCUT2D eigenvalue weighted by Gasteiger charge is 2.12. The summed E-state index contributed by atoms with van der Waals surface area (Å²) >= 11 is 0. The molecule has 2 heterocycles. The van der Waals surface area contributed by atoms with Gasteiger partial charge in [0.15, 0.2) is 5.82 Å². The Balaban J connectivity index is 1.52. The van der Waals surface area contributed by atoms with Crippen LogP contribution in [0.5, 0.6) is 5.75 Å². The lowest BCUT2D eigenvalue weighted by atomic mass is 10.2. The van der Waals surface area contributed by atoms with Gasteiger partial charge in [-0.15, -0.1) is 0 Å². The number of nitrogens with one attached hydrogen (secondary N) is 2. The van der Waals surface area contributed by atoms with Gasteiger partial charge in [0.05, 0.1) is 28.9 Å². The second-order valence-electron chi connectivity index (χ2n) is 8.27. The van der Waals surface area contributed by atoms with Gasteiger partial charge >= 0.3 is 0 Å². The Morgan fingerprint density at radius 2 is 1.86 bits per heavy atom. The molecule has 35 heavy (non-hydrogen) atoms. The smallest absolute Gasteiger partial charge is 0.229 e. The zero-order valence-corrected chi connectivity index (χ0v) is 19.4. The first kappa shape index (κ1) is 22.1. The van der Waals surface area contributed by atoms with Crippen molar-refractivity contribution < 1.29 is 4.74 Å². The number of rotatable bonds is 8. The number of benzene rings is 3. The molecule has 174 valence electrons. The Kier molecular flexibility index (Phi) is 6.11. The van der Waals surface area contributed by atoms with Crippen LogP contribution in [0.2, 0.25) is 0 Å². The maximum atomic E-state index is 9.06. The molecule has 0 saturated heterocycles. The summed E-state index contributed by atoms with van der Waals surface area (Å²) in [6.45, 7) is 1.39. The fourth-order valence-electron chi connectivity index (χ4n) is 3.60. The van der Waals surface area contributed by atoms with E-state index in [-0.39, 0.29) is 0 Å².